The van der Waals surface area contributed by atoms with Gasteiger partial charge in [-0.1, -0.05) is 31.2 Å². The maximum absolute atomic E-state index is 14.4. The van der Waals surface area contributed by atoms with Gasteiger partial charge in [0, 0.05) is 43.7 Å². The average molecular weight is 558 g/mol. The lowest BCUT2D eigenvalue weighted by atomic mass is 9.74. The molecular formula is C33H40FN5O2. The molecule has 0 radical (unpaired) electrons. The molecule has 216 valence electrons. The van der Waals surface area contributed by atoms with Crippen LogP contribution in [-0.2, 0) is 12.8 Å². The fraction of sp³-hybridized carbons (Fsp3) is 0.576. The maximum Gasteiger partial charge on any atom is 0.318 e. The molecule has 6 atom stereocenters. The van der Waals surface area contributed by atoms with Crippen molar-refractivity contribution in [2.45, 2.75) is 81.6 Å². The minimum atomic E-state index is -0.783. The van der Waals surface area contributed by atoms with Crippen molar-refractivity contribution in [2.24, 2.45) is 5.92 Å². The second kappa shape index (κ2) is 9.80. The lowest BCUT2D eigenvalue weighted by Gasteiger charge is -2.38. The van der Waals surface area contributed by atoms with Crippen LogP contribution in [0.5, 0.6) is 11.8 Å². The van der Waals surface area contributed by atoms with Gasteiger partial charge in [-0.2, -0.15) is 9.97 Å². The van der Waals surface area contributed by atoms with Crippen LogP contribution in [0.15, 0.2) is 36.4 Å². The number of phenols is 1. The third-order valence-corrected chi connectivity index (χ3v) is 10.7. The van der Waals surface area contributed by atoms with E-state index in [0.717, 1.165) is 62.2 Å². The summed E-state index contributed by atoms with van der Waals surface area (Å²) in [6.07, 6.45) is 5.90. The maximum atomic E-state index is 14.4. The first kappa shape index (κ1) is 25.7. The predicted octanol–water partition coefficient (Wildman–Crippen LogP) is 4.75. The number of aromatic nitrogens is 2. The van der Waals surface area contributed by atoms with Crippen molar-refractivity contribution in [2.75, 3.05) is 37.7 Å². The third-order valence-electron chi connectivity index (χ3n) is 10.7. The zero-order valence-corrected chi connectivity index (χ0v) is 23.9. The van der Waals surface area contributed by atoms with E-state index in [1.165, 1.54) is 29.4 Å². The van der Waals surface area contributed by atoms with Crippen LogP contribution in [0.4, 0.5) is 10.2 Å². The van der Waals surface area contributed by atoms with Gasteiger partial charge in [0.2, 0.25) is 0 Å². The Bertz CT molecular complexity index is 1470. The fourth-order valence-electron chi connectivity index (χ4n) is 8.74. The highest BCUT2D eigenvalue weighted by Crippen LogP contribution is 2.44. The van der Waals surface area contributed by atoms with E-state index in [2.05, 4.69) is 40.2 Å². The first-order chi connectivity index (χ1) is 19.9. The van der Waals surface area contributed by atoms with E-state index in [1.807, 2.05) is 18.2 Å². The lowest BCUT2D eigenvalue weighted by Crippen LogP contribution is -2.52. The summed E-state index contributed by atoms with van der Waals surface area (Å²) in [6.45, 7) is 6.13. The molecule has 4 aliphatic heterocycles. The van der Waals surface area contributed by atoms with E-state index >= 15 is 0 Å². The number of rotatable bonds is 5. The van der Waals surface area contributed by atoms with Gasteiger partial charge in [0.25, 0.3) is 0 Å². The minimum absolute atomic E-state index is 0.223. The Labute approximate surface area is 241 Å². The van der Waals surface area contributed by atoms with E-state index in [-0.39, 0.29) is 11.5 Å². The monoisotopic (exact) mass is 557 g/mol. The molecule has 8 rings (SSSR count). The molecule has 3 aromatic rings. The minimum Gasteiger partial charge on any atom is -0.508 e. The number of aromatic hydroxyl groups is 1. The standard InChI is InChI=1S/C33H40FN5O2/c1-20-11-29-30(14-27(20)28-13-25(40)12-21-5-2-3-6-26(21)28)36-32(37-31(29)38-17-23-7-8-24(18-38)35-23)41-19-33-9-4-10-39(33)16-22(34)15-33/h2-3,5-6,12-13,20,22-24,27,35,40H,4,7-11,14-19H2,1H3/t20?,22-,23-,24+,27?,33+/m1/s1. The number of hydrogen-bond acceptors (Lipinski definition) is 7. The summed E-state index contributed by atoms with van der Waals surface area (Å²) in [7, 11) is 0. The molecule has 2 unspecified atom stereocenters. The van der Waals surface area contributed by atoms with Gasteiger partial charge < -0.3 is 20.1 Å². The number of ether oxygens (including phenoxy) is 1. The van der Waals surface area contributed by atoms with Crippen LogP contribution >= 0.6 is 0 Å². The van der Waals surface area contributed by atoms with Crippen LogP contribution in [-0.4, -0.2) is 76.6 Å². The number of anilines is 1. The third kappa shape index (κ3) is 4.45. The molecule has 2 aromatic carbocycles. The van der Waals surface area contributed by atoms with Crippen LogP contribution < -0.4 is 15.0 Å². The molecule has 7 nitrogen and oxygen atoms in total. The summed E-state index contributed by atoms with van der Waals surface area (Å²) in [5, 5.41) is 16.6. The molecule has 2 N–H and O–H groups in total. The summed E-state index contributed by atoms with van der Waals surface area (Å²) >= 11 is 0. The average Bonchev–Trinajstić information content (AvgIpc) is 3.61. The smallest absolute Gasteiger partial charge is 0.318 e. The molecule has 41 heavy (non-hydrogen) atoms. The van der Waals surface area contributed by atoms with E-state index in [4.69, 9.17) is 14.7 Å². The molecule has 8 heteroatoms. The van der Waals surface area contributed by atoms with E-state index in [0.29, 0.717) is 49.3 Å². The molecule has 4 saturated heterocycles. The summed E-state index contributed by atoms with van der Waals surface area (Å²) in [4.78, 5) is 14.9. The van der Waals surface area contributed by atoms with Crippen LogP contribution in [0.3, 0.4) is 0 Å². The van der Waals surface area contributed by atoms with Gasteiger partial charge in [-0.25, -0.2) is 4.39 Å². The van der Waals surface area contributed by atoms with Gasteiger partial charge in [-0.05, 0) is 85.4 Å². The fourth-order valence-corrected chi connectivity index (χ4v) is 8.74. The number of piperazine rings is 1. The zero-order valence-electron chi connectivity index (χ0n) is 23.9. The van der Waals surface area contributed by atoms with E-state index in [9.17, 15) is 9.50 Å². The van der Waals surface area contributed by atoms with Gasteiger partial charge in [0.1, 0.15) is 24.3 Å². The first-order valence-electron chi connectivity index (χ1n) is 15.6. The Morgan fingerprint density at radius 3 is 2.78 bits per heavy atom. The number of hydrogen-bond donors (Lipinski definition) is 2. The number of halogens is 1. The topological polar surface area (TPSA) is 73.8 Å². The summed E-state index contributed by atoms with van der Waals surface area (Å²) in [6, 6.07) is 13.6. The largest absolute Gasteiger partial charge is 0.508 e. The summed E-state index contributed by atoms with van der Waals surface area (Å²) in [5.41, 5.74) is 3.26. The molecule has 4 fully saturated rings. The van der Waals surface area contributed by atoms with Crippen LogP contribution in [0.1, 0.15) is 61.8 Å². The number of nitrogens with one attached hydrogen (secondary N) is 1. The SMILES string of the molecule is CC1Cc2c(nc(OC[C@@]34CCCN3C[C@H](F)C4)nc2N2C[C@H]3CC[C@@H](C2)N3)CC1c1cc(O)cc2ccccc12. The molecule has 0 spiro atoms. The highest BCUT2D eigenvalue weighted by Gasteiger charge is 2.49. The van der Waals surface area contributed by atoms with Gasteiger partial charge >= 0.3 is 6.01 Å². The second-order valence-corrected chi connectivity index (χ2v) is 13.4. The highest BCUT2D eigenvalue weighted by atomic mass is 19.1. The molecule has 5 heterocycles. The van der Waals surface area contributed by atoms with Crippen LogP contribution in [0.2, 0.25) is 0 Å². The summed E-state index contributed by atoms with van der Waals surface area (Å²) in [5.74, 6) is 1.93. The van der Waals surface area contributed by atoms with Gasteiger partial charge in [-0.3, -0.25) is 4.90 Å². The van der Waals surface area contributed by atoms with Crippen LogP contribution in [0, 0.1) is 5.92 Å². The van der Waals surface area contributed by atoms with Crippen molar-refractivity contribution in [1.82, 2.24) is 20.2 Å². The van der Waals surface area contributed by atoms with Gasteiger partial charge in [0.05, 0.1) is 11.2 Å². The first-order valence-corrected chi connectivity index (χ1v) is 15.6. The Hall–Kier alpha value is -2.97. The Morgan fingerprint density at radius 2 is 1.93 bits per heavy atom. The Balaban J connectivity index is 1.16. The van der Waals surface area contributed by atoms with E-state index in [1.54, 1.807) is 0 Å². The molecule has 0 saturated carbocycles. The number of alkyl halides is 1. The van der Waals surface area contributed by atoms with Crippen molar-refractivity contribution in [3.63, 3.8) is 0 Å². The Kier molecular flexibility index (Phi) is 6.15. The lowest BCUT2D eigenvalue weighted by molar-refractivity contribution is 0.107. The molecule has 1 aliphatic carbocycles. The second-order valence-electron chi connectivity index (χ2n) is 13.4. The quantitative estimate of drug-likeness (QED) is 0.469. The number of benzene rings is 2. The number of phenolic OH excluding ortho intramolecular Hbond substituents is 1. The van der Waals surface area contributed by atoms with E-state index < -0.39 is 6.17 Å². The van der Waals surface area contributed by atoms with Crippen molar-refractivity contribution in [3.05, 3.63) is 53.2 Å². The molecule has 0 amide bonds. The van der Waals surface area contributed by atoms with Crippen molar-refractivity contribution >= 4 is 16.6 Å². The van der Waals surface area contributed by atoms with Crippen LogP contribution in [0.25, 0.3) is 10.8 Å². The normalized spacial score (nSPS) is 32.8. The molecular weight excluding hydrogens is 517 g/mol. The predicted molar refractivity (Wildman–Crippen MR) is 158 cm³/mol. The van der Waals surface area contributed by atoms with Crippen molar-refractivity contribution in [3.8, 4) is 11.8 Å². The highest BCUT2D eigenvalue weighted by molar-refractivity contribution is 5.87. The molecule has 1 aromatic heterocycles. The van der Waals surface area contributed by atoms with Gasteiger partial charge in [-0.15, -0.1) is 0 Å². The number of nitrogens with zero attached hydrogens (tertiary/aromatic N) is 4. The summed E-state index contributed by atoms with van der Waals surface area (Å²) < 4.78 is 20.9. The Morgan fingerprint density at radius 1 is 1.10 bits per heavy atom. The van der Waals surface area contributed by atoms with Crippen molar-refractivity contribution < 1.29 is 14.2 Å². The molecule has 5 aliphatic rings. The van der Waals surface area contributed by atoms with Crippen molar-refractivity contribution in [1.29, 1.82) is 0 Å². The zero-order chi connectivity index (χ0) is 27.7. The molecule has 2 bridgehead atoms. The number of fused-ring (bicyclic) bond motifs is 5. The van der Waals surface area contributed by atoms with Gasteiger partial charge in [0.15, 0.2) is 0 Å².